The van der Waals surface area contributed by atoms with Crippen LogP contribution in [0, 0.1) is 0 Å². The van der Waals surface area contributed by atoms with Gasteiger partial charge in [0, 0.05) is 50.5 Å². The van der Waals surface area contributed by atoms with Gasteiger partial charge in [-0.25, -0.2) is 0 Å². The minimum Gasteiger partial charge on any atom is -0.357 e. The number of aromatic nitrogens is 2. The van der Waals surface area contributed by atoms with E-state index in [-0.39, 0.29) is 30.0 Å². The Hall–Kier alpha value is -0.870. The second-order valence-electron chi connectivity index (χ2n) is 8.89. The van der Waals surface area contributed by atoms with Crippen LogP contribution in [0.25, 0.3) is 0 Å². The number of guanidine groups is 1. The standard InChI is InChI=1S/C22H41N7.HI/c1-5-23-22(24-16-21(27(2)3)18-15-25-28(4)17-18)26-19-11-13-29(14-12-19)20-9-7-6-8-10-20;/h15,17,19-21H,5-14,16H2,1-4H3,(H2,23,24,26);1H. The van der Waals surface area contributed by atoms with Crippen molar-refractivity contribution in [1.29, 1.82) is 0 Å². The van der Waals surface area contributed by atoms with Crippen molar-refractivity contribution in [2.24, 2.45) is 12.0 Å². The lowest BCUT2D eigenvalue weighted by atomic mass is 9.92. The Morgan fingerprint density at radius 3 is 2.47 bits per heavy atom. The quantitative estimate of drug-likeness (QED) is 0.322. The number of hydrogen-bond donors (Lipinski definition) is 2. The Balaban J connectivity index is 0.00000320. The molecule has 1 saturated carbocycles. The van der Waals surface area contributed by atoms with E-state index in [0.29, 0.717) is 6.04 Å². The van der Waals surface area contributed by atoms with E-state index in [0.717, 1.165) is 25.1 Å². The summed E-state index contributed by atoms with van der Waals surface area (Å²) >= 11 is 0. The average Bonchev–Trinajstić information content (AvgIpc) is 3.15. The molecule has 1 saturated heterocycles. The molecule has 3 rings (SSSR count). The monoisotopic (exact) mass is 531 g/mol. The normalized spacial score (nSPS) is 20.8. The van der Waals surface area contributed by atoms with E-state index in [4.69, 9.17) is 4.99 Å². The third-order valence-electron chi connectivity index (χ3n) is 6.46. The first-order chi connectivity index (χ1) is 14.1. The van der Waals surface area contributed by atoms with Crippen molar-refractivity contribution in [3.8, 4) is 0 Å². The second kappa shape index (κ2) is 12.9. The molecule has 2 heterocycles. The van der Waals surface area contributed by atoms with Gasteiger partial charge in [0.25, 0.3) is 0 Å². The maximum atomic E-state index is 4.93. The number of likely N-dealkylation sites (N-methyl/N-ethyl adjacent to an activating group) is 1. The van der Waals surface area contributed by atoms with Gasteiger partial charge in [0.05, 0.1) is 18.8 Å². The van der Waals surface area contributed by atoms with Crippen LogP contribution in [0.1, 0.15) is 63.5 Å². The van der Waals surface area contributed by atoms with Gasteiger partial charge in [-0.1, -0.05) is 19.3 Å². The topological polar surface area (TPSA) is 60.7 Å². The van der Waals surface area contributed by atoms with Gasteiger partial charge in [-0.15, -0.1) is 24.0 Å². The maximum Gasteiger partial charge on any atom is 0.191 e. The molecule has 2 fully saturated rings. The van der Waals surface area contributed by atoms with Crippen LogP contribution in [0.2, 0.25) is 0 Å². The Bertz CT molecular complexity index is 631. The lowest BCUT2D eigenvalue weighted by Gasteiger charge is -2.39. The van der Waals surface area contributed by atoms with Crippen LogP contribution in [0.3, 0.4) is 0 Å². The molecule has 1 unspecified atom stereocenters. The highest BCUT2D eigenvalue weighted by Crippen LogP contribution is 2.25. The molecular weight excluding hydrogens is 489 g/mol. The molecular formula is C22H42IN7. The van der Waals surface area contributed by atoms with E-state index >= 15 is 0 Å². The van der Waals surface area contributed by atoms with Crippen LogP contribution in [0.15, 0.2) is 17.4 Å². The molecule has 0 radical (unpaired) electrons. The molecule has 1 atom stereocenters. The maximum absolute atomic E-state index is 4.93. The molecule has 0 spiro atoms. The molecule has 1 aromatic heterocycles. The van der Waals surface area contributed by atoms with Crippen molar-refractivity contribution < 1.29 is 0 Å². The van der Waals surface area contributed by atoms with Crippen molar-refractivity contribution in [2.45, 2.75) is 70.0 Å². The highest BCUT2D eigenvalue weighted by molar-refractivity contribution is 14.0. The smallest absolute Gasteiger partial charge is 0.191 e. The number of nitrogens with zero attached hydrogens (tertiary/aromatic N) is 5. The minimum absolute atomic E-state index is 0. The summed E-state index contributed by atoms with van der Waals surface area (Å²) in [7, 11) is 6.17. The molecule has 0 amide bonds. The number of hydrogen-bond acceptors (Lipinski definition) is 4. The molecule has 1 aliphatic carbocycles. The molecule has 0 bridgehead atoms. The first-order valence-corrected chi connectivity index (χ1v) is 11.5. The lowest BCUT2D eigenvalue weighted by Crippen LogP contribution is -2.51. The van der Waals surface area contributed by atoms with Crippen LogP contribution in [0.5, 0.6) is 0 Å². The van der Waals surface area contributed by atoms with Gasteiger partial charge >= 0.3 is 0 Å². The van der Waals surface area contributed by atoms with Crippen molar-refractivity contribution >= 4 is 29.9 Å². The third kappa shape index (κ3) is 7.37. The van der Waals surface area contributed by atoms with E-state index in [9.17, 15) is 0 Å². The molecule has 30 heavy (non-hydrogen) atoms. The largest absolute Gasteiger partial charge is 0.357 e. The molecule has 7 nitrogen and oxygen atoms in total. The number of aryl methyl sites for hydroxylation is 1. The Kier molecular flexibility index (Phi) is 10.9. The number of halogens is 1. The SMILES string of the molecule is CCNC(=NCC(c1cnn(C)c1)N(C)C)NC1CCN(C2CCCCC2)CC1.I. The number of nitrogens with one attached hydrogen (secondary N) is 2. The summed E-state index contributed by atoms with van der Waals surface area (Å²) in [5, 5.41) is 11.5. The van der Waals surface area contributed by atoms with Crippen LogP contribution in [-0.2, 0) is 7.05 Å². The molecule has 8 heteroatoms. The van der Waals surface area contributed by atoms with E-state index in [1.165, 1.54) is 63.6 Å². The number of aliphatic imine (C=N–C) groups is 1. The summed E-state index contributed by atoms with van der Waals surface area (Å²) in [6.45, 7) is 6.17. The van der Waals surface area contributed by atoms with Crippen LogP contribution in [0.4, 0.5) is 0 Å². The molecule has 0 aromatic carbocycles. The van der Waals surface area contributed by atoms with E-state index in [1.807, 2.05) is 17.9 Å². The lowest BCUT2D eigenvalue weighted by molar-refractivity contribution is 0.119. The predicted octanol–water partition coefficient (Wildman–Crippen LogP) is 2.99. The summed E-state index contributed by atoms with van der Waals surface area (Å²) in [6, 6.07) is 1.59. The molecule has 172 valence electrons. The fourth-order valence-corrected chi connectivity index (χ4v) is 4.73. The zero-order valence-corrected chi connectivity index (χ0v) is 21.6. The zero-order valence-electron chi connectivity index (χ0n) is 19.3. The average molecular weight is 532 g/mol. The van der Waals surface area contributed by atoms with E-state index in [1.54, 1.807) is 0 Å². The van der Waals surface area contributed by atoms with Crippen LogP contribution < -0.4 is 10.6 Å². The van der Waals surface area contributed by atoms with Gasteiger partial charge in [-0.2, -0.15) is 5.10 Å². The fraction of sp³-hybridized carbons (Fsp3) is 0.818. The molecule has 2 N–H and O–H groups in total. The van der Waals surface area contributed by atoms with Gasteiger partial charge in [-0.05, 0) is 46.7 Å². The number of piperidine rings is 1. The summed E-state index contributed by atoms with van der Waals surface area (Å²) in [4.78, 5) is 9.88. The zero-order chi connectivity index (χ0) is 20.6. The van der Waals surface area contributed by atoms with Crippen molar-refractivity contribution in [2.75, 3.05) is 40.3 Å². The number of likely N-dealkylation sites (tertiary alicyclic amines) is 1. The summed E-state index contributed by atoms with van der Waals surface area (Å²) in [5.74, 6) is 0.944. The van der Waals surface area contributed by atoms with Crippen LogP contribution >= 0.6 is 24.0 Å². The fourth-order valence-electron chi connectivity index (χ4n) is 4.73. The van der Waals surface area contributed by atoms with Gasteiger partial charge in [0.1, 0.15) is 0 Å². The van der Waals surface area contributed by atoms with E-state index in [2.05, 4.69) is 52.7 Å². The van der Waals surface area contributed by atoms with Gasteiger partial charge in [-0.3, -0.25) is 9.67 Å². The minimum atomic E-state index is 0. The van der Waals surface area contributed by atoms with Gasteiger partial charge in [0.2, 0.25) is 0 Å². The van der Waals surface area contributed by atoms with Crippen molar-refractivity contribution in [3.05, 3.63) is 18.0 Å². The molecule has 1 aliphatic heterocycles. The summed E-state index contributed by atoms with van der Waals surface area (Å²) in [6.07, 6.45) is 13.5. The Morgan fingerprint density at radius 2 is 1.90 bits per heavy atom. The van der Waals surface area contributed by atoms with Crippen LogP contribution in [-0.4, -0.2) is 77.9 Å². The van der Waals surface area contributed by atoms with Gasteiger partial charge < -0.3 is 20.4 Å². The van der Waals surface area contributed by atoms with Gasteiger partial charge in [0.15, 0.2) is 5.96 Å². The Morgan fingerprint density at radius 1 is 1.20 bits per heavy atom. The summed E-state index contributed by atoms with van der Waals surface area (Å²) < 4.78 is 1.86. The van der Waals surface area contributed by atoms with E-state index < -0.39 is 0 Å². The third-order valence-corrected chi connectivity index (χ3v) is 6.46. The first kappa shape index (κ1) is 25.4. The number of rotatable bonds is 7. The highest BCUT2D eigenvalue weighted by atomic mass is 127. The second-order valence-corrected chi connectivity index (χ2v) is 8.89. The first-order valence-electron chi connectivity index (χ1n) is 11.5. The summed E-state index contributed by atoms with van der Waals surface area (Å²) in [5.41, 5.74) is 1.21. The van der Waals surface area contributed by atoms with Crippen molar-refractivity contribution in [3.63, 3.8) is 0 Å². The Labute approximate surface area is 200 Å². The molecule has 2 aliphatic rings. The highest BCUT2D eigenvalue weighted by Gasteiger charge is 2.26. The predicted molar refractivity (Wildman–Crippen MR) is 136 cm³/mol. The van der Waals surface area contributed by atoms with Crippen molar-refractivity contribution in [1.82, 2.24) is 30.2 Å². The molecule has 1 aromatic rings.